The number of furan rings is 1. The van der Waals surface area contributed by atoms with Crippen molar-refractivity contribution in [1.29, 1.82) is 0 Å². The number of allylic oxidation sites excluding steroid dienone is 2. The number of nitrogens with one attached hydrogen (secondary N) is 1. The first kappa shape index (κ1) is 33.8. The molecule has 0 atom stereocenters. The van der Waals surface area contributed by atoms with Crippen molar-refractivity contribution >= 4 is 54.7 Å². The average Bonchev–Trinajstić information content (AvgIpc) is 3.72. The molecule has 1 amide bonds. The van der Waals surface area contributed by atoms with Gasteiger partial charge in [-0.05, 0) is 61.2 Å². The van der Waals surface area contributed by atoms with Crippen molar-refractivity contribution in [2.45, 2.75) is 39.2 Å². The standard InChI is InChI=1S/C31H32FN3O10S2/c1-2-21(18-30-35(13-6-16-47(40,41)42)24-19-22(32)8-10-26(24)44-30)17-29-34(12-3-4-15-46(37,38)39)25-20-23(9-11-27(25)45-29)33-31(36)28-7-5-14-43-28/h5,7-11,14,17-20H,2-4,6,12-13,15-16H2,1H3,(H2-,33,36,37,38,39,40,41,42). The quantitative estimate of drug-likeness (QED) is 0.105. The highest BCUT2D eigenvalue weighted by atomic mass is 32.2. The van der Waals surface area contributed by atoms with Crippen molar-refractivity contribution in [3.8, 4) is 5.75 Å². The minimum Gasteiger partial charge on any atom is -0.748 e. The van der Waals surface area contributed by atoms with Gasteiger partial charge in [-0.1, -0.05) is 6.92 Å². The van der Waals surface area contributed by atoms with Gasteiger partial charge in [0.05, 0.1) is 33.9 Å². The molecule has 5 rings (SSSR count). The first-order valence-corrected chi connectivity index (χ1v) is 17.9. The number of oxazole rings is 1. The van der Waals surface area contributed by atoms with Crippen molar-refractivity contribution in [2.75, 3.05) is 28.3 Å². The van der Waals surface area contributed by atoms with Crippen LogP contribution in [0.1, 0.15) is 49.1 Å². The summed E-state index contributed by atoms with van der Waals surface area (Å²) < 4.78 is 98.7. The molecule has 2 N–H and O–H groups in total. The fourth-order valence-corrected chi connectivity index (χ4v) is 6.10. The number of hydrogen-bond donors (Lipinski definition) is 2. The number of carbonyl (C=O) groups excluding carboxylic acids is 1. The van der Waals surface area contributed by atoms with Gasteiger partial charge < -0.3 is 28.3 Å². The van der Waals surface area contributed by atoms with E-state index in [1.54, 1.807) is 45.9 Å². The van der Waals surface area contributed by atoms with Gasteiger partial charge in [0.2, 0.25) is 11.5 Å². The maximum Gasteiger partial charge on any atom is 0.374 e. The molecule has 0 radical (unpaired) electrons. The monoisotopic (exact) mass is 689 g/mol. The molecule has 0 aliphatic carbocycles. The fraction of sp³-hybridized carbons (Fsp3) is 0.290. The number of unbranched alkanes of at least 4 members (excludes halogenated alkanes) is 1. The van der Waals surface area contributed by atoms with E-state index in [9.17, 15) is 35.1 Å². The van der Waals surface area contributed by atoms with E-state index in [1.165, 1.54) is 30.5 Å². The lowest BCUT2D eigenvalue weighted by molar-refractivity contribution is -0.678. The Morgan fingerprint density at radius 3 is 2.60 bits per heavy atom. The number of aryl methyl sites for hydroxylation is 1. The minimum atomic E-state index is -4.39. The lowest BCUT2D eigenvalue weighted by atomic mass is 10.1. The Hall–Kier alpha value is -4.51. The SMILES string of the molecule is CCC(=C\c1oc2ccc(NC(=O)c3ccco3)cc2[n+]1CCCCS(=O)(=O)[O-])/C=C1/Oc2ccc(F)cc2N1CCCS(=O)(=O)O. The Labute approximate surface area is 270 Å². The molecule has 250 valence electrons. The molecule has 0 unspecified atom stereocenters. The molecule has 0 saturated heterocycles. The van der Waals surface area contributed by atoms with Crippen molar-refractivity contribution in [3.63, 3.8) is 0 Å². The highest BCUT2D eigenvalue weighted by molar-refractivity contribution is 7.85. The Kier molecular flexibility index (Phi) is 10.1. The van der Waals surface area contributed by atoms with Gasteiger partial charge in [-0.3, -0.25) is 9.35 Å². The van der Waals surface area contributed by atoms with E-state index in [0.29, 0.717) is 58.4 Å². The van der Waals surface area contributed by atoms with Crippen LogP contribution in [0.4, 0.5) is 15.8 Å². The molecule has 0 bridgehead atoms. The van der Waals surface area contributed by atoms with Crippen LogP contribution in [0.3, 0.4) is 0 Å². The average molecular weight is 690 g/mol. The second-order valence-corrected chi connectivity index (χ2v) is 13.8. The molecule has 0 spiro atoms. The smallest absolute Gasteiger partial charge is 0.374 e. The van der Waals surface area contributed by atoms with Gasteiger partial charge >= 0.3 is 5.89 Å². The molecule has 1 aliphatic rings. The summed E-state index contributed by atoms with van der Waals surface area (Å²) in [5, 5.41) is 2.77. The Morgan fingerprint density at radius 2 is 1.89 bits per heavy atom. The van der Waals surface area contributed by atoms with Crippen LogP contribution in [0, 0.1) is 5.82 Å². The Balaban J connectivity index is 1.49. The summed E-state index contributed by atoms with van der Waals surface area (Å²) >= 11 is 0. The van der Waals surface area contributed by atoms with E-state index in [-0.39, 0.29) is 31.7 Å². The van der Waals surface area contributed by atoms with Crippen molar-refractivity contribution < 1.29 is 53.3 Å². The second kappa shape index (κ2) is 14.1. The third-order valence-electron chi connectivity index (χ3n) is 7.26. The predicted octanol–water partition coefficient (Wildman–Crippen LogP) is 4.84. The third kappa shape index (κ3) is 8.85. The maximum absolute atomic E-state index is 14.2. The summed E-state index contributed by atoms with van der Waals surface area (Å²) in [5.41, 5.74) is 2.62. The molecule has 1 aliphatic heterocycles. The number of hydrogen-bond acceptors (Lipinski definition) is 10. The number of halogens is 1. The largest absolute Gasteiger partial charge is 0.748 e. The highest BCUT2D eigenvalue weighted by Gasteiger charge is 2.28. The number of nitrogens with zero attached hydrogens (tertiary/aromatic N) is 2. The topological polar surface area (TPSA) is 183 Å². The number of fused-ring (bicyclic) bond motifs is 2. The molecular formula is C31H32FN3O10S2. The van der Waals surface area contributed by atoms with E-state index < -0.39 is 43.5 Å². The van der Waals surface area contributed by atoms with Gasteiger partial charge in [-0.2, -0.15) is 13.0 Å². The first-order valence-electron chi connectivity index (χ1n) is 14.7. The summed E-state index contributed by atoms with van der Waals surface area (Å²) in [7, 11) is -8.60. The van der Waals surface area contributed by atoms with Crippen LogP contribution in [0.25, 0.3) is 17.2 Å². The molecule has 2 aromatic carbocycles. The van der Waals surface area contributed by atoms with Crippen LogP contribution in [-0.2, 0) is 26.8 Å². The zero-order valence-electron chi connectivity index (χ0n) is 25.2. The van der Waals surface area contributed by atoms with Gasteiger partial charge in [0.1, 0.15) is 5.82 Å². The molecule has 16 heteroatoms. The molecular weight excluding hydrogens is 657 g/mol. The molecule has 2 aromatic heterocycles. The summed E-state index contributed by atoms with van der Waals surface area (Å²) in [6, 6.07) is 12.1. The molecule has 0 fully saturated rings. The Bertz CT molecular complexity index is 2050. The van der Waals surface area contributed by atoms with Crippen LogP contribution in [-0.4, -0.2) is 49.9 Å². The summed E-state index contributed by atoms with van der Waals surface area (Å²) in [6.07, 6.45) is 5.82. The molecule has 3 heterocycles. The van der Waals surface area contributed by atoms with Crippen LogP contribution >= 0.6 is 0 Å². The molecule has 4 aromatic rings. The van der Waals surface area contributed by atoms with Gasteiger partial charge in [0.15, 0.2) is 18.1 Å². The predicted molar refractivity (Wildman–Crippen MR) is 169 cm³/mol. The van der Waals surface area contributed by atoms with Crippen LogP contribution in [0.5, 0.6) is 5.75 Å². The summed E-state index contributed by atoms with van der Waals surface area (Å²) in [5.74, 6) is -0.786. The van der Waals surface area contributed by atoms with Gasteiger partial charge in [-0.15, -0.1) is 0 Å². The minimum absolute atomic E-state index is 0.0438. The Morgan fingerprint density at radius 1 is 1.09 bits per heavy atom. The summed E-state index contributed by atoms with van der Waals surface area (Å²) in [6.45, 7) is 2.28. The normalized spacial score (nSPS) is 14.5. The van der Waals surface area contributed by atoms with Crippen LogP contribution in [0.15, 0.2) is 81.2 Å². The number of aromatic nitrogens is 1. The summed E-state index contributed by atoms with van der Waals surface area (Å²) in [4.78, 5) is 14.2. The van der Waals surface area contributed by atoms with Crippen molar-refractivity contribution in [2.24, 2.45) is 0 Å². The number of rotatable bonds is 14. The molecule has 47 heavy (non-hydrogen) atoms. The number of anilines is 2. The second-order valence-electron chi connectivity index (χ2n) is 10.7. The van der Waals surface area contributed by atoms with Gasteiger partial charge in [0.25, 0.3) is 21.5 Å². The van der Waals surface area contributed by atoms with E-state index in [4.69, 9.17) is 13.6 Å². The van der Waals surface area contributed by atoms with Crippen molar-refractivity contribution in [3.05, 3.63) is 89.8 Å². The lowest BCUT2D eigenvalue weighted by Gasteiger charge is -2.18. The van der Waals surface area contributed by atoms with E-state index in [0.717, 1.165) is 0 Å². The van der Waals surface area contributed by atoms with E-state index >= 15 is 0 Å². The number of amides is 1. The lowest BCUT2D eigenvalue weighted by Crippen LogP contribution is -2.35. The van der Waals surface area contributed by atoms with E-state index in [1.807, 2.05) is 6.92 Å². The van der Waals surface area contributed by atoms with Crippen LogP contribution in [0.2, 0.25) is 0 Å². The van der Waals surface area contributed by atoms with Gasteiger partial charge in [0, 0.05) is 42.6 Å². The first-order chi connectivity index (χ1) is 22.3. The van der Waals surface area contributed by atoms with Crippen LogP contribution < -0.4 is 19.5 Å². The number of benzene rings is 2. The van der Waals surface area contributed by atoms with Crippen molar-refractivity contribution in [1.82, 2.24) is 0 Å². The third-order valence-corrected chi connectivity index (χ3v) is 8.85. The number of carbonyl (C=O) groups is 1. The fourth-order valence-electron chi connectivity index (χ4n) is 5.05. The molecule has 0 saturated carbocycles. The van der Waals surface area contributed by atoms with Gasteiger partial charge in [-0.25, -0.2) is 12.8 Å². The van der Waals surface area contributed by atoms with E-state index in [2.05, 4.69) is 5.32 Å². The highest BCUT2D eigenvalue weighted by Crippen LogP contribution is 2.40. The molecule has 13 nitrogen and oxygen atoms in total. The zero-order valence-corrected chi connectivity index (χ0v) is 26.9. The zero-order chi connectivity index (χ0) is 33.8. The number of ether oxygens (including phenoxy) is 1. The maximum atomic E-state index is 14.2.